The number of hydrogen-bond donors (Lipinski definition) is 1. The molecule has 14 heavy (non-hydrogen) atoms. The zero-order chi connectivity index (χ0) is 9.97. The van der Waals surface area contributed by atoms with Crippen LogP contribution in [0.25, 0.3) is 0 Å². The quantitative estimate of drug-likeness (QED) is 0.706. The summed E-state index contributed by atoms with van der Waals surface area (Å²) in [5.74, 6) is 1.05. The molecular weight excluding hydrogens is 176 g/mol. The third-order valence-electron chi connectivity index (χ3n) is 2.50. The van der Waals surface area contributed by atoms with Crippen molar-refractivity contribution in [3.05, 3.63) is 17.6 Å². The smallest absolute Gasteiger partial charge is 0.136 e. The Kier molecular flexibility index (Phi) is 2.63. The van der Waals surface area contributed by atoms with Gasteiger partial charge in [0.25, 0.3) is 0 Å². The molecule has 0 radical (unpaired) electrons. The van der Waals surface area contributed by atoms with E-state index in [0.29, 0.717) is 0 Å². The molecule has 0 fully saturated rings. The van der Waals surface area contributed by atoms with Crippen LogP contribution in [0.1, 0.15) is 17.7 Å². The fraction of sp³-hybridized carbons (Fsp3) is 0.600. The second-order valence-corrected chi connectivity index (χ2v) is 3.80. The molecule has 0 unspecified atom stereocenters. The van der Waals surface area contributed by atoms with Crippen molar-refractivity contribution < 1.29 is 0 Å². The maximum Gasteiger partial charge on any atom is 0.136 e. The van der Waals surface area contributed by atoms with Crippen molar-refractivity contribution in [2.45, 2.75) is 19.4 Å². The van der Waals surface area contributed by atoms with Gasteiger partial charge in [0.1, 0.15) is 12.1 Å². The van der Waals surface area contributed by atoms with Crippen LogP contribution in [0.4, 0.5) is 5.82 Å². The first-order valence-electron chi connectivity index (χ1n) is 5.00. The maximum absolute atomic E-state index is 4.34. The van der Waals surface area contributed by atoms with E-state index in [9.17, 15) is 0 Å². The van der Waals surface area contributed by atoms with Gasteiger partial charge in [-0.3, -0.25) is 0 Å². The summed E-state index contributed by atoms with van der Waals surface area (Å²) in [5.41, 5.74) is 2.46. The average Bonchev–Trinajstić information content (AvgIpc) is 2.41. The molecule has 1 N–H and O–H groups in total. The first kappa shape index (κ1) is 9.40. The van der Waals surface area contributed by atoms with Gasteiger partial charge >= 0.3 is 0 Å². The highest BCUT2D eigenvalue weighted by Gasteiger charge is 2.14. The number of nitrogens with one attached hydrogen (secondary N) is 1. The summed E-state index contributed by atoms with van der Waals surface area (Å²) in [6, 6.07) is 0. The highest BCUT2D eigenvalue weighted by atomic mass is 15.1. The van der Waals surface area contributed by atoms with Gasteiger partial charge in [0, 0.05) is 26.2 Å². The summed E-state index contributed by atoms with van der Waals surface area (Å²) in [5, 5.41) is 3.39. The monoisotopic (exact) mass is 192 g/mol. The molecule has 1 aromatic heterocycles. The topological polar surface area (TPSA) is 41.1 Å². The molecule has 0 bridgehead atoms. The Morgan fingerprint density at radius 1 is 1.36 bits per heavy atom. The van der Waals surface area contributed by atoms with E-state index in [2.05, 4.69) is 15.3 Å². The lowest BCUT2D eigenvalue weighted by molar-refractivity contribution is 0.679. The van der Waals surface area contributed by atoms with E-state index in [4.69, 9.17) is 0 Å². The third-order valence-corrected chi connectivity index (χ3v) is 2.50. The van der Waals surface area contributed by atoms with Crippen LogP contribution in [0.5, 0.6) is 0 Å². The zero-order valence-electron chi connectivity index (χ0n) is 8.75. The van der Waals surface area contributed by atoms with Crippen molar-refractivity contribution in [2.75, 3.05) is 25.5 Å². The molecule has 0 amide bonds. The second-order valence-electron chi connectivity index (χ2n) is 3.80. The van der Waals surface area contributed by atoms with E-state index in [1.54, 1.807) is 6.33 Å². The molecule has 76 valence electrons. The Balaban J connectivity index is 2.42. The van der Waals surface area contributed by atoms with Crippen molar-refractivity contribution in [1.29, 1.82) is 0 Å². The Morgan fingerprint density at radius 3 is 3.00 bits per heavy atom. The molecule has 0 spiro atoms. The van der Waals surface area contributed by atoms with Crippen LogP contribution in [-0.4, -0.2) is 30.6 Å². The number of rotatable bonds is 1. The molecule has 0 aliphatic carbocycles. The van der Waals surface area contributed by atoms with Gasteiger partial charge in [0.2, 0.25) is 0 Å². The average molecular weight is 192 g/mol. The zero-order valence-corrected chi connectivity index (χ0v) is 8.75. The van der Waals surface area contributed by atoms with Crippen LogP contribution in [0.15, 0.2) is 6.33 Å². The molecule has 0 saturated carbocycles. The molecule has 1 aliphatic rings. The van der Waals surface area contributed by atoms with Crippen LogP contribution in [0.2, 0.25) is 0 Å². The van der Waals surface area contributed by atoms with Crippen molar-refractivity contribution in [3.63, 3.8) is 0 Å². The normalized spacial score (nSPS) is 15.9. The van der Waals surface area contributed by atoms with Crippen LogP contribution >= 0.6 is 0 Å². The van der Waals surface area contributed by atoms with Gasteiger partial charge in [0.05, 0.1) is 5.69 Å². The minimum Gasteiger partial charge on any atom is -0.362 e. The van der Waals surface area contributed by atoms with Gasteiger partial charge in [-0.2, -0.15) is 0 Å². The lowest BCUT2D eigenvalue weighted by Gasteiger charge is -2.16. The van der Waals surface area contributed by atoms with Crippen molar-refractivity contribution >= 4 is 5.82 Å². The fourth-order valence-corrected chi connectivity index (χ4v) is 1.81. The van der Waals surface area contributed by atoms with E-state index < -0.39 is 0 Å². The summed E-state index contributed by atoms with van der Waals surface area (Å²) >= 11 is 0. The van der Waals surface area contributed by atoms with Gasteiger partial charge < -0.3 is 10.2 Å². The third kappa shape index (κ3) is 1.70. The summed E-state index contributed by atoms with van der Waals surface area (Å²) in [7, 11) is 4.04. The number of hydrogen-bond acceptors (Lipinski definition) is 4. The highest BCUT2D eigenvalue weighted by molar-refractivity contribution is 5.47. The van der Waals surface area contributed by atoms with E-state index in [-0.39, 0.29) is 0 Å². The van der Waals surface area contributed by atoms with E-state index >= 15 is 0 Å². The molecule has 2 rings (SSSR count). The highest BCUT2D eigenvalue weighted by Crippen LogP contribution is 2.20. The van der Waals surface area contributed by atoms with Crippen molar-refractivity contribution in [3.8, 4) is 0 Å². The van der Waals surface area contributed by atoms with Gasteiger partial charge in [0.15, 0.2) is 0 Å². The summed E-state index contributed by atoms with van der Waals surface area (Å²) in [6.07, 6.45) is 3.89. The first-order valence-corrected chi connectivity index (χ1v) is 5.00. The lowest BCUT2D eigenvalue weighted by atomic mass is 10.1. The Bertz CT molecular complexity index is 322. The molecular formula is C10H16N4. The van der Waals surface area contributed by atoms with E-state index in [0.717, 1.165) is 31.7 Å². The molecule has 0 saturated heterocycles. The Labute approximate surface area is 84.4 Å². The number of anilines is 1. The minimum absolute atomic E-state index is 0.893. The van der Waals surface area contributed by atoms with Gasteiger partial charge in [-0.15, -0.1) is 0 Å². The van der Waals surface area contributed by atoms with Crippen molar-refractivity contribution in [2.24, 2.45) is 0 Å². The molecule has 4 heteroatoms. The molecule has 4 nitrogen and oxygen atoms in total. The molecule has 1 aliphatic heterocycles. The standard InChI is InChI=1S/C10H16N4/c1-14(2)10-8-6-11-5-3-4-9(8)12-7-13-10/h7,11H,3-6H2,1-2H3. The largest absolute Gasteiger partial charge is 0.362 e. The first-order chi connectivity index (χ1) is 6.79. The predicted octanol–water partition coefficient (Wildman–Crippen LogP) is 0.578. The fourth-order valence-electron chi connectivity index (χ4n) is 1.81. The second kappa shape index (κ2) is 3.92. The molecule has 0 atom stereocenters. The summed E-state index contributed by atoms with van der Waals surface area (Å²) < 4.78 is 0. The SMILES string of the molecule is CN(C)c1ncnc2c1CNCCC2. The summed E-state index contributed by atoms with van der Waals surface area (Å²) in [4.78, 5) is 10.7. The summed E-state index contributed by atoms with van der Waals surface area (Å²) in [6.45, 7) is 1.97. The Hall–Kier alpha value is -1.16. The van der Waals surface area contributed by atoms with Crippen LogP contribution in [0.3, 0.4) is 0 Å². The predicted molar refractivity (Wildman–Crippen MR) is 56.4 cm³/mol. The van der Waals surface area contributed by atoms with Crippen LogP contribution in [-0.2, 0) is 13.0 Å². The van der Waals surface area contributed by atoms with Crippen LogP contribution < -0.4 is 10.2 Å². The minimum atomic E-state index is 0.893. The van der Waals surface area contributed by atoms with Crippen molar-refractivity contribution in [1.82, 2.24) is 15.3 Å². The molecule has 0 aromatic carbocycles. The Morgan fingerprint density at radius 2 is 2.21 bits per heavy atom. The number of aryl methyl sites for hydroxylation is 1. The lowest BCUT2D eigenvalue weighted by Crippen LogP contribution is -2.18. The van der Waals surface area contributed by atoms with Gasteiger partial charge in [-0.1, -0.05) is 0 Å². The molecule has 1 aromatic rings. The van der Waals surface area contributed by atoms with Gasteiger partial charge in [-0.25, -0.2) is 9.97 Å². The van der Waals surface area contributed by atoms with E-state index in [1.165, 1.54) is 11.3 Å². The number of aromatic nitrogens is 2. The van der Waals surface area contributed by atoms with Gasteiger partial charge in [-0.05, 0) is 19.4 Å². The van der Waals surface area contributed by atoms with Crippen LogP contribution in [0, 0.1) is 0 Å². The number of nitrogens with zero attached hydrogens (tertiary/aromatic N) is 3. The maximum atomic E-state index is 4.34. The molecule has 2 heterocycles. The number of fused-ring (bicyclic) bond motifs is 1. The van der Waals surface area contributed by atoms with E-state index in [1.807, 2.05) is 19.0 Å².